The van der Waals surface area contributed by atoms with Crippen molar-refractivity contribution in [3.8, 4) is 5.75 Å². The van der Waals surface area contributed by atoms with Crippen LogP contribution in [0, 0.1) is 24.0 Å². The van der Waals surface area contributed by atoms with E-state index in [9.17, 15) is 14.9 Å². The van der Waals surface area contributed by atoms with Crippen molar-refractivity contribution >= 4 is 29.4 Å². The number of carbonyl (C=O) groups is 1. The van der Waals surface area contributed by atoms with Crippen LogP contribution in [0.5, 0.6) is 5.75 Å². The molecule has 0 atom stereocenters. The summed E-state index contributed by atoms with van der Waals surface area (Å²) in [6.45, 7) is 3.33. The summed E-state index contributed by atoms with van der Waals surface area (Å²) in [5, 5.41) is 19.7. The van der Waals surface area contributed by atoms with Crippen LogP contribution in [0.15, 0.2) is 53.6 Å². The lowest BCUT2D eigenvalue weighted by molar-refractivity contribution is -0.386. The number of carbonyl (C=O) groups excluding carboxylic acids is 1. The predicted octanol–water partition coefficient (Wildman–Crippen LogP) is 3.79. The Labute approximate surface area is 183 Å². The first-order valence-corrected chi connectivity index (χ1v) is 9.69. The number of rotatable bonds is 8. The molecule has 1 amide bonds. The van der Waals surface area contributed by atoms with Gasteiger partial charge in [-0.15, -0.1) is 0 Å². The Morgan fingerprint density at radius 3 is 2.52 bits per heavy atom. The number of ether oxygens (including phenoxy) is 1. The van der Waals surface area contributed by atoms with Crippen LogP contribution in [0.2, 0.25) is 5.02 Å². The summed E-state index contributed by atoms with van der Waals surface area (Å²) in [5.74, 6) is 0.252. The molecule has 10 heteroatoms. The third kappa shape index (κ3) is 5.89. The van der Waals surface area contributed by atoms with Gasteiger partial charge in [-0.2, -0.15) is 10.2 Å². The second-order valence-electron chi connectivity index (χ2n) is 6.71. The van der Waals surface area contributed by atoms with Crippen molar-refractivity contribution in [2.24, 2.45) is 5.10 Å². The van der Waals surface area contributed by atoms with Gasteiger partial charge in [0, 0.05) is 5.02 Å². The van der Waals surface area contributed by atoms with Crippen molar-refractivity contribution in [2.45, 2.75) is 27.0 Å². The van der Waals surface area contributed by atoms with Crippen molar-refractivity contribution in [1.29, 1.82) is 0 Å². The smallest absolute Gasteiger partial charge is 0.312 e. The molecule has 0 saturated heterocycles. The Balaban J connectivity index is 1.50. The molecule has 0 aliphatic carbocycles. The van der Waals surface area contributed by atoms with Gasteiger partial charge in [0.25, 0.3) is 5.91 Å². The second-order valence-corrected chi connectivity index (χ2v) is 7.15. The van der Waals surface area contributed by atoms with Gasteiger partial charge in [-0.25, -0.2) is 5.43 Å². The van der Waals surface area contributed by atoms with Crippen LogP contribution in [-0.4, -0.2) is 26.8 Å². The summed E-state index contributed by atoms with van der Waals surface area (Å²) in [7, 11) is 0. The minimum atomic E-state index is -0.507. The first-order chi connectivity index (χ1) is 14.8. The van der Waals surface area contributed by atoms with Gasteiger partial charge in [0.1, 0.15) is 30.3 Å². The SMILES string of the molecule is Cc1nn(CC(=O)NN=Cc2ccc(OCc3ccc(Cl)cc3)cc2)c(C)c1[N+](=O)[O-]. The van der Waals surface area contributed by atoms with Crippen molar-refractivity contribution in [2.75, 3.05) is 0 Å². The predicted molar refractivity (Wildman–Crippen MR) is 116 cm³/mol. The monoisotopic (exact) mass is 441 g/mol. The quantitative estimate of drug-likeness (QED) is 0.324. The Morgan fingerprint density at radius 1 is 1.23 bits per heavy atom. The zero-order valence-electron chi connectivity index (χ0n) is 16.9. The van der Waals surface area contributed by atoms with E-state index in [4.69, 9.17) is 16.3 Å². The molecule has 3 rings (SSSR count). The number of nitrogens with one attached hydrogen (secondary N) is 1. The highest BCUT2D eigenvalue weighted by Gasteiger charge is 2.22. The minimum Gasteiger partial charge on any atom is -0.489 e. The summed E-state index contributed by atoms with van der Waals surface area (Å²) in [4.78, 5) is 22.6. The number of halogens is 1. The first-order valence-electron chi connectivity index (χ1n) is 9.31. The molecule has 2 aromatic carbocycles. The van der Waals surface area contributed by atoms with Crippen LogP contribution in [0.25, 0.3) is 0 Å². The molecule has 1 aromatic heterocycles. The molecule has 3 aromatic rings. The number of hydrogen-bond acceptors (Lipinski definition) is 6. The third-order valence-electron chi connectivity index (χ3n) is 4.42. The summed E-state index contributed by atoms with van der Waals surface area (Å²) < 4.78 is 7.00. The average molecular weight is 442 g/mol. The molecule has 0 spiro atoms. The molecule has 31 heavy (non-hydrogen) atoms. The van der Waals surface area contributed by atoms with E-state index < -0.39 is 10.8 Å². The largest absolute Gasteiger partial charge is 0.489 e. The topological polar surface area (TPSA) is 112 Å². The first kappa shape index (κ1) is 22.0. The number of benzene rings is 2. The van der Waals surface area contributed by atoms with Crippen molar-refractivity contribution in [1.82, 2.24) is 15.2 Å². The van der Waals surface area contributed by atoms with Crippen molar-refractivity contribution in [3.63, 3.8) is 0 Å². The lowest BCUT2D eigenvalue weighted by atomic mass is 10.2. The Morgan fingerprint density at radius 2 is 1.90 bits per heavy atom. The summed E-state index contributed by atoms with van der Waals surface area (Å²) in [5.41, 5.74) is 4.65. The van der Waals surface area contributed by atoms with Gasteiger partial charge >= 0.3 is 5.69 Å². The fourth-order valence-corrected chi connectivity index (χ4v) is 2.98. The van der Waals surface area contributed by atoms with Crippen LogP contribution >= 0.6 is 11.6 Å². The van der Waals surface area contributed by atoms with Gasteiger partial charge in [-0.1, -0.05) is 23.7 Å². The van der Waals surface area contributed by atoms with E-state index in [2.05, 4.69) is 15.6 Å². The zero-order chi connectivity index (χ0) is 22.4. The van der Waals surface area contributed by atoms with Gasteiger partial charge in [-0.3, -0.25) is 19.6 Å². The molecule has 0 fully saturated rings. The number of aromatic nitrogens is 2. The maximum atomic E-state index is 12.1. The molecular formula is C21H20ClN5O4. The standard InChI is InChI=1S/C21H20ClN5O4/c1-14-21(27(29)30)15(2)26(25-14)12-20(28)24-23-11-16-5-9-19(10-6-16)31-13-17-3-7-18(22)8-4-17/h3-11H,12-13H2,1-2H3,(H,24,28). The number of aryl methyl sites for hydroxylation is 1. The molecule has 1 N–H and O–H groups in total. The van der Waals surface area contributed by atoms with E-state index in [-0.39, 0.29) is 17.9 Å². The molecule has 0 bridgehead atoms. The van der Waals surface area contributed by atoms with E-state index in [1.807, 2.05) is 24.3 Å². The molecule has 0 radical (unpaired) electrons. The molecule has 0 saturated carbocycles. The van der Waals surface area contributed by atoms with Crippen LogP contribution in [0.1, 0.15) is 22.5 Å². The molecule has 160 valence electrons. The lowest BCUT2D eigenvalue weighted by Crippen LogP contribution is -2.24. The molecule has 9 nitrogen and oxygen atoms in total. The van der Waals surface area contributed by atoms with Crippen molar-refractivity contribution in [3.05, 3.63) is 86.2 Å². The Hall–Kier alpha value is -3.72. The second kappa shape index (κ2) is 9.86. The van der Waals surface area contributed by atoms with Gasteiger partial charge in [0.15, 0.2) is 0 Å². The van der Waals surface area contributed by atoms with Crippen molar-refractivity contribution < 1.29 is 14.5 Å². The average Bonchev–Trinajstić information content (AvgIpc) is 3.01. The van der Waals surface area contributed by atoms with E-state index in [0.29, 0.717) is 23.1 Å². The molecule has 1 heterocycles. The third-order valence-corrected chi connectivity index (χ3v) is 4.67. The Bertz CT molecular complexity index is 1110. The van der Waals surface area contributed by atoms with Gasteiger partial charge < -0.3 is 4.74 Å². The zero-order valence-corrected chi connectivity index (χ0v) is 17.7. The number of hydrogen-bond donors (Lipinski definition) is 1. The number of hydrazone groups is 1. The summed E-state index contributed by atoms with van der Waals surface area (Å²) >= 11 is 5.87. The summed E-state index contributed by atoms with van der Waals surface area (Å²) in [6.07, 6.45) is 1.49. The minimum absolute atomic E-state index is 0.0883. The fraction of sp³-hybridized carbons (Fsp3) is 0.190. The van der Waals surface area contributed by atoms with E-state index in [0.717, 1.165) is 11.1 Å². The maximum absolute atomic E-state index is 12.1. The highest BCUT2D eigenvalue weighted by atomic mass is 35.5. The van der Waals surface area contributed by atoms with Gasteiger partial charge in [0.2, 0.25) is 0 Å². The van der Waals surface area contributed by atoms with Crippen LogP contribution < -0.4 is 10.2 Å². The van der Waals surface area contributed by atoms with Crippen LogP contribution in [0.4, 0.5) is 5.69 Å². The Kier molecular flexibility index (Phi) is 6.99. The van der Waals surface area contributed by atoms with Gasteiger partial charge in [0.05, 0.1) is 11.1 Å². The fourth-order valence-electron chi connectivity index (χ4n) is 2.85. The van der Waals surface area contributed by atoms with Crippen LogP contribution in [0.3, 0.4) is 0 Å². The number of amides is 1. The molecular weight excluding hydrogens is 422 g/mol. The van der Waals surface area contributed by atoms with Gasteiger partial charge in [-0.05, 0) is 61.4 Å². The number of nitrogens with zero attached hydrogens (tertiary/aromatic N) is 4. The number of nitro groups is 1. The normalized spacial score (nSPS) is 10.9. The maximum Gasteiger partial charge on any atom is 0.312 e. The van der Waals surface area contributed by atoms with Crippen LogP contribution in [-0.2, 0) is 17.9 Å². The molecule has 0 unspecified atom stereocenters. The highest BCUT2D eigenvalue weighted by Crippen LogP contribution is 2.21. The van der Waals surface area contributed by atoms with E-state index >= 15 is 0 Å². The summed E-state index contributed by atoms with van der Waals surface area (Å²) in [6, 6.07) is 14.6. The molecule has 0 aliphatic heterocycles. The molecule has 0 aliphatic rings. The van der Waals surface area contributed by atoms with E-state index in [1.54, 1.807) is 31.2 Å². The van der Waals surface area contributed by atoms with E-state index in [1.165, 1.54) is 17.8 Å². The highest BCUT2D eigenvalue weighted by molar-refractivity contribution is 6.30. The lowest BCUT2D eigenvalue weighted by Gasteiger charge is -2.06.